The highest BCUT2D eigenvalue weighted by Gasteiger charge is 2.05. The van der Waals surface area contributed by atoms with E-state index in [-0.39, 0.29) is 24.0 Å². The van der Waals surface area contributed by atoms with Crippen LogP contribution in [0.2, 0.25) is 0 Å². The van der Waals surface area contributed by atoms with Gasteiger partial charge in [0.25, 0.3) is 0 Å². The highest BCUT2D eigenvalue weighted by atomic mass is 127. The molecule has 0 bridgehead atoms. The summed E-state index contributed by atoms with van der Waals surface area (Å²) < 4.78 is 7.35. The molecular weight excluding hydrogens is 487 g/mol. The molecule has 1 aromatic heterocycles. The quantitative estimate of drug-likeness (QED) is 0.157. The largest absolute Gasteiger partial charge is 0.382 e. The van der Waals surface area contributed by atoms with E-state index in [9.17, 15) is 0 Å². The first-order valence-corrected chi connectivity index (χ1v) is 10.3. The van der Waals surface area contributed by atoms with Crippen LogP contribution >= 0.6 is 35.7 Å². The Kier molecular flexibility index (Phi) is 12.9. The van der Waals surface area contributed by atoms with Crippen molar-refractivity contribution in [2.75, 3.05) is 32.1 Å². The van der Waals surface area contributed by atoms with Crippen molar-refractivity contribution in [2.24, 2.45) is 12.0 Å². The van der Waals surface area contributed by atoms with Crippen molar-refractivity contribution in [1.29, 1.82) is 0 Å². The number of benzene rings is 1. The zero-order chi connectivity index (χ0) is 19.3. The van der Waals surface area contributed by atoms with Gasteiger partial charge < -0.3 is 19.9 Å². The van der Waals surface area contributed by atoms with E-state index >= 15 is 0 Å². The number of thioether (sulfide) groups is 1. The maximum absolute atomic E-state index is 5.39. The Morgan fingerprint density at radius 1 is 1.18 bits per heavy atom. The van der Waals surface area contributed by atoms with Crippen LogP contribution in [0.4, 0.5) is 0 Å². The van der Waals surface area contributed by atoms with Gasteiger partial charge in [0.2, 0.25) is 0 Å². The van der Waals surface area contributed by atoms with Gasteiger partial charge in [-0.05, 0) is 32.4 Å². The summed E-state index contributed by atoms with van der Waals surface area (Å²) in [5, 5.41) is 15.0. The van der Waals surface area contributed by atoms with Gasteiger partial charge in [0.05, 0.1) is 0 Å². The summed E-state index contributed by atoms with van der Waals surface area (Å²) in [5.74, 6) is 3.49. The van der Waals surface area contributed by atoms with Crippen molar-refractivity contribution < 1.29 is 4.74 Å². The van der Waals surface area contributed by atoms with E-state index in [0.717, 1.165) is 56.1 Å². The van der Waals surface area contributed by atoms with Gasteiger partial charge in [0.1, 0.15) is 12.4 Å². The zero-order valence-corrected chi connectivity index (χ0v) is 20.0. The Balaban J connectivity index is 0.00000392. The summed E-state index contributed by atoms with van der Waals surface area (Å²) in [6.45, 7) is 7.58. The van der Waals surface area contributed by atoms with Gasteiger partial charge >= 0.3 is 0 Å². The van der Waals surface area contributed by atoms with E-state index in [0.29, 0.717) is 6.54 Å². The molecule has 1 aromatic carbocycles. The molecule has 0 aliphatic heterocycles. The maximum atomic E-state index is 5.39. The Bertz CT molecular complexity index is 695. The molecule has 0 atom stereocenters. The lowest BCUT2D eigenvalue weighted by molar-refractivity contribution is 0.145. The van der Waals surface area contributed by atoms with Gasteiger partial charge in [-0.1, -0.05) is 18.2 Å². The zero-order valence-electron chi connectivity index (χ0n) is 16.9. The minimum absolute atomic E-state index is 0. The number of halogens is 1. The van der Waals surface area contributed by atoms with Crippen LogP contribution in [0.25, 0.3) is 0 Å². The fraction of sp³-hybridized carbons (Fsp3) is 0.526. The normalized spacial score (nSPS) is 11.2. The third-order valence-electron chi connectivity index (χ3n) is 3.93. The molecule has 156 valence electrons. The fourth-order valence-corrected chi connectivity index (χ4v) is 3.08. The molecule has 0 aliphatic carbocycles. The van der Waals surface area contributed by atoms with Gasteiger partial charge in [0.15, 0.2) is 11.8 Å². The number of aromatic nitrogens is 3. The molecule has 0 amide bonds. The van der Waals surface area contributed by atoms with Crippen molar-refractivity contribution in [2.45, 2.75) is 31.7 Å². The number of aliphatic imine (C=N–C) groups is 1. The molecule has 0 spiro atoms. The molecule has 0 saturated carbocycles. The molecule has 2 rings (SSSR count). The lowest BCUT2D eigenvalue weighted by Gasteiger charge is -2.12. The first-order valence-electron chi connectivity index (χ1n) is 9.33. The second-order valence-corrected chi connectivity index (χ2v) is 7.12. The molecule has 0 saturated heterocycles. The average molecular weight is 518 g/mol. The van der Waals surface area contributed by atoms with Crippen LogP contribution in [-0.4, -0.2) is 52.8 Å². The molecule has 2 N–H and O–H groups in total. The van der Waals surface area contributed by atoms with Crippen LogP contribution < -0.4 is 10.6 Å². The van der Waals surface area contributed by atoms with Gasteiger partial charge in [-0.2, -0.15) is 0 Å². The summed E-state index contributed by atoms with van der Waals surface area (Å²) in [5.41, 5.74) is 0. The predicted molar refractivity (Wildman–Crippen MR) is 127 cm³/mol. The summed E-state index contributed by atoms with van der Waals surface area (Å²) in [7, 11) is 1.96. The van der Waals surface area contributed by atoms with Crippen molar-refractivity contribution in [3.05, 3.63) is 42.0 Å². The number of aryl methyl sites for hydroxylation is 1. The van der Waals surface area contributed by atoms with Gasteiger partial charge in [0, 0.05) is 44.0 Å². The molecule has 0 radical (unpaired) electrons. The van der Waals surface area contributed by atoms with Gasteiger partial charge in [-0.3, -0.25) is 0 Å². The topological polar surface area (TPSA) is 76.4 Å². The first-order chi connectivity index (χ1) is 13.2. The van der Waals surface area contributed by atoms with Crippen LogP contribution in [0.3, 0.4) is 0 Å². The summed E-state index contributed by atoms with van der Waals surface area (Å²) in [4.78, 5) is 5.93. The number of nitrogens with one attached hydrogen (secondary N) is 2. The fourth-order valence-electron chi connectivity index (χ4n) is 2.29. The van der Waals surface area contributed by atoms with Gasteiger partial charge in [-0.25, -0.2) is 4.99 Å². The Morgan fingerprint density at radius 3 is 2.61 bits per heavy atom. The Hall–Kier alpha value is -1.33. The van der Waals surface area contributed by atoms with Crippen LogP contribution in [0.15, 0.2) is 40.2 Å². The third-order valence-corrected chi connectivity index (χ3v) is 4.94. The Labute approximate surface area is 189 Å². The van der Waals surface area contributed by atoms with Crippen molar-refractivity contribution in [3.8, 4) is 0 Å². The second kappa shape index (κ2) is 14.6. The minimum Gasteiger partial charge on any atom is -0.382 e. The number of hydrogen-bond donors (Lipinski definition) is 2. The van der Waals surface area contributed by atoms with Crippen molar-refractivity contribution in [1.82, 2.24) is 25.4 Å². The highest BCUT2D eigenvalue weighted by Crippen LogP contribution is 2.15. The molecule has 1 heterocycles. The van der Waals surface area contributed by atoms with E-state index in [1.165, 1.54) is 4.90 Å². The average Bonchev–Trinajstić information content (AvgIpc) is 3.01. The Morgan fingerprint density at radius 2 is 1.93 bits per heavy atom. The monoisotopic (exact) mass is 518 g/mol. The van der Waals surface area contributed by atoms with Crippen LogP contribution in [0.5, 0.6) is 0 Å². The molecule has 2 aromatic rings. The molecule has 7 nitrogen and oxygen atoms in total. The van der Waals surface area contributed by atoms with Crippen LogP contribution in [-0.2, 0) is 18.3 Å². The van der Waals surface area contributed by atoms with Crippen LogP contribution in [0, 0.1) is 6.92 Å². The summed E-state index contributed by atoms with van der Waals surface area (Å²) in [6.07, 6.45) is 0.941. The summed E-state index contributed by atoms with van der Waals surface area (Å²) in [6, 6.07) is 10.4. The van der Waals surface area contributed by atoms with Gasteiger partial charge in [-0.15, -0.1) is 45.9 Å². The highest BCUT2D eigenvalue weighted by molar-refractivity contribution is 14.0. The number of ether oxygens (including phenoxy) is 1. The number of rotatable bonds is 11. The van der Waals surface area contributed by atoms with E-state index < -0.39 is 0 Å². The van der Waals surface area contributed by atoms with E-state index in [1.54, 1.807) is 0 Å². The van der Waals surface area contributed by atoms with E-state index in [1.807, 2.05) is 43.3 Å². The number of guanidine groups is 1. The van der Waals surface area contributed by atoms with E-state index in [2.05, 4.69) is 50.1 Å². The van der Waals surface area contributed by atoms with Crippen molar-refractivity contribution in [3.63, 3.8) is 0 Å². The molecule has 0 unspecified atom stereocenters. The smallest absolute Gasteiger partial charge is 0.191 e. The summed E-state index contributed by atoms with van der Waals surface area (Å²) >= 11 is 1.83. The maximum Gasteiger partial charge on any atom is 0.191 e. The number of nitrogens with zero attached hydrogens (tertiary/aromatic N) is 4. The lowest BCUT2D eigenvalue weighted by Crippen LogP contribution is -2.39. The minimum atomic E-state index is 0. The second-order valence-electron chi connectivity index (χ2n) is 5.95. The third kappa shape index (κ3) is 9.24. The van der Waals surface area contributed by atoms with Crippen LogP contribution in [0.1, 0.15) is 25.0 Å². The standard InChI is InChI=1S/C19H30N6OS.HI/c1-4-26-13-8-11-20-19(22-15-18-24-23-16(2)25(18)3)21-12-14-27-17-9-6-5-7-10-17;/h5-7,9-10H,4,8,11-15H2,1-3H3,(H2,20,21,22);1H. The van der Waals surface area contributed by atoms with Crippen molar-refractivity contribution >= 4 is 41.7 Å². The molecular formula is C19H31IN6OS. The number of hydrogen-bond acceptors (Lipinski definition) is 5. The molecule has 0 fully saturated rings. The molecule has 28 heavy (non-hydrogen) atoms. The SMILES string of the molecule is CCOCCCNC(=NCc1nnc(C)n1C)NCCSc1ccccc1.I. The van der Waals surface area contributed by atoms with E-state index in [4.69, 9.17) is 4.74 Å². The molecule has 0 aliphatic rings. The molecule has 9 heteroatoms. The first kappa shape index (κ1) is 24.7. The predicted octanol–water partition coefficient (Wildman–Crippen LogP) is 3.00. The lowest BCUT2D eigenvalue weighted by atomic mass is 10.4.